The Morgan fingerprint density at radius 3 is 3.06 bits per heavy atom. The van der Waals surface area contributed by atoms with E-state index in [2.05, 4.69) is 17.2 Å². The summed E-state index contributed by atoms with van der Waals surface area (Å²) in [7, 11) is 0. The van der Waals surface area contributed by atoms with Crippen LogP contribution in [0.2, 0.25) is 0 Å². The number of rotatable bonds is 2. The molecule has 3 atom stereocenters. The molecule has 1 aromatic rings. The third-order valence-electron chi connectivity index (χ3n) is 2.82. The molecule has 1 unspecified atom stereocenters. The molecule has 0 saturated carbocycles. The Kier molecular flexibility index (Phi) is 3.41. The van der Waals surface area contributed by atoms with E-state index in [1.165, 1.54) is 0 Å². The van der Waals surface area contributed by atoms with Gasteiger partial charge in [-0.25, -0.2) is 9.18 Å². The molecule has 2 N–H and O–H groups in total. The minimum Gasteiger partial charge on any atom is -0.388 e. The van der Waals surface area contributed by atoms with Gasteiger partial charge < -0.3 is 9.84 Å². The summed E-state index contributed by atoms with van der Waals surface area (Å²) in [6.45, 7) is 1.92. The lowest BCUT2D eigenvalue weighted by Gasteiger charge is -2.17. The molecule has 1 aliphatic rings. The Morgan fingerprint density at radius 2 is 2.47 bits per heavy atom. The molecular formula is C10H13FN2O3S. The molecule has 0 radical (unpaired) electrons. The van der Waals surface area contributed by atoms with Crippen LogP contribution in [0.5, 0.6) is 0 Å². The molecule has 7 heteroatoms. The Labute approximate surface area is 102 Å². The van der Waals surface area contributed by atoms with E-state index >= 15 is 0 Å². The van der Waals surface area contributed by atoms with Crippen molar-refractivity contribution < 1.29 is 14.2 Å². The number of aliphatic hydroxyl groups is 1. The normalized spacial score (nSPS) is 28.5. The van der Waals surface area contributed by atoms with Crippen molar-refractivity contribution >= 4 is 12.2 Å². The van der Waals surface area contributed by atoms with Crippen LogP contribution in [0.4, 0.5) is 4.39 Å². The Morgan fingerprint density at radius 1 is 1.76 bits per heavy atom. The lowest BCUT2D eigenvalue weighted by atomic mass is 10.1. The van der Waals surface area contributed by atoms with E-state index in [4.69, 9.17) is 4.74 Å². The third kappa shape index (κ3) is 2.31. The van der Waals surface area contributed by atoms with Gasteiger partial charge in [-0.3, -0.25) is 9.55 Å². The van der Waals surface area contributed by atoms with Crippen LogP contribution >= 0.6 is 12.2 Å². The number of hydrogen-bond acceptors (Lipinski definition) is 4. The fourth-order valence-electron chi connectivity index (χ4n) is 1.89. The third-order valence-corrected chi connectivity index (χ3v) is 3.12. The van der Waals surface area contributed by atoms with E-state index in [0.29, 0.717) is 6.42 Å². The van der Waals surface area contributed by atoms with Gasteiger partial charge in [-0.15, -0.1) is 0 Å². The maximum absolute atomic E-state index is 13.3. The summed E-state index contributed by atoms with van der Waals surface area (Å²) in [5.41, 5.74) is -0.586. The summed E-state index contributed by atoms with van der Waals surface area (Å²) in [6.07, 6.45) is 0.342. The first-order chi connectivity index (χ1) is 8.02. The zero-order valence-corrected chi connectivity index (χ0v) is 10.0. The topological polar surface area (TPSA) is 67.2 Å². The molecule has 0 bridgehead atoms. The van der Waals surface area contributed by atoms with Gasteiger partial charge in [0.2, 0.25) is 0 Å². The molecule has 2 heterocycles. The highest BCUT2D eigenvalue weighted by Gasteiger charge is 2.34. The number of nitrogens with one attached hydrogen (secondary N) is 1. The minimum absolute atomic E-state index is 0.117. The van der Waals surface area contributed by atoms with Gasteiger partial charge in [0, 0.05) is 6.42 Å². The van der Waals surface area contributed by atoms with Crippen molar-refractivity contribution in [3.63, 3.8) is 0 Å². The smallest absolute Gasteiger partial charge is 0.328 e. The largest absolute Gasteiger partial charge is 0.388 e. The molecule has 0 aromatic carbocycles. The number of ether oxygens (including phenoxy) is 1. The molecule has 17 heavy (non-hydrogen) atoms. The monoisotopic (exact) mass is 260 g/mol. The molecular weight excluding hydrogens is 247 g/mol. The molecule has 94 valence electrons. The number of aliphatic hydroxyl groups excluding tert-OH is 1. The summed E-state index contributed by atoms with van der Waals surface area (Å²) >= 11 is 4.60. The molecule has 1 aliphatic heterocycles. The summed E-state index contributed by atoms with van der Waals surface area (Å²) in [5.74, 6) is -0.713. The minimum atomic E-state index is -0.853. The van der Waals surface area contributed by atoms with E-state index in [9.17, 15) is 14.3 Å². The van der Waals surface area contributed by atoms with Gasteiger partial charge >= 0.3 is 5.69 Å². The second-order valence-corrected chi connectivity index (χ2v) is 4.41. The van der Waals surface area contributed by atoms with Crippen molar-refractivity contribution in [1.29, 1.82) is 0 Å². The van der Waals surface area contributed by atoms with E-state index in [-0.39, 0.29) is 10.7 Å². The fraction of sp³-hybridized carbons (Fsp3) is 0.600. The van der Waals surface area contributed by atoms with Crippen LogP contribution < -0.4 is 5.69 Å². The molecule has 1 aromatic heterocycles. The predicted octanol–water partition coefficient (Wildman–Crippen LogP) is 1.10. The van der Waals surface area contributed by atoms with E-state index in [0.717, 1.165) is 17.2 Å². The first-order valence-corrected chi connectivity index (χ1v) is 5.78. The van der Waals surface area contributed by atoms with Gasteiger partial charge in [0.1, 0.15) is 10.7 Å². The molecule has 0 spiro atoms. The van der Waals surface area contributed by atoms with Crippen LogP contribution in [-0.2, 0) is 4.74 Å². The molecule has 2 rings (SSSR count). The first-order valence-electron chi connectivity index (χ1n) is 5.37. The second kappa shape index (κ2) is 4.67. The van der Waals surface area contributed by atoms with Crippen molar-refractivity contribution in [2.24, 2.45) is 0 Å². The highest BCUT2D eigenvalue weighted by Crippen LogP contribution is 2.29. The van der Waals surface area contributed by atoms with Crippen molar-refractivity contribution in [3.8, 4) is 0 Å². The number of nitrogens with zero attached hydrogens (tertiary/aromatic N) is 1. The van der Waals surface area contributed by atoms with Crippen molar-refractivity contribution in [2.75, 3.05) is 0 Å². The van der Waals surface area contributed by atoms with Crippen LogP contribution in [0, 0.1) is 10.5 Å². The number of hydrogen-bond donors (Lipinski definition) is 2. The number of H-pyrrole nitrogens is 1. The summed E-state index contributed by atoms with van der Waals surface area (Å²) in [4.78, 5) is 13.8. The SMILES string of the molecule is CC[C@H]1CC(O)[C@@H](n2cc(F)c(=S)[nH]c2=O)O1. The molecule has 0 aliphatic carbocycles. The molecule has 0 amide bonds. The fourth-order valence-corrected chi connectivity index (χ4v) is 2.03. The Hall–Kier alpha value is -1.05. The average molecular weight is 260 g/mol. The van der Waals surface area contributed by atoms with Crippen LogP contribution in [0.1, 0.15) is 26.0 Å². The standard InChI is InChI=1S/C10H13FN2O3S/c1-2-5-3-7(14)9(16-5)13-4-6(11)8(17)12-10(13)15/h4-5,7,9,14H,2-3H2,1H3,(H,12,15,17)/t5-,7?,9-/m0/s1. The highest BCUT2D eigenvalue weighted by molar-refractivity contribution is 7.71. The highest BCUT2D eigenvalue weighted by atomic mass is 32.1. The van der Waals surface area contributed by atoms with Crippen LogP contribution in [-0.4, -0.2) is 26.9 Å². The maximum Gasteiger partial charge on any atom is 0.328 e. The predicted molar refractivity (Wildman–Crippen MR) is 60.7 cm³/mol. The van der Waals surface area contributed by atoms with Gasteiger partial charge in [0.15, 0.2) is 12.0 Å². The zero-order valence-electron chi connectivity index (χ0n) is 9.22. The van der Waals surface area contributed by atoms with Crippen LogP contribution in [0.3, 0.4) is 0 Å². The van der Waals surface area contributed by atoms with Gasteiger partial charge in [-0.05, 0) is 6.42 Å². The summed E-state index contributed by atoms with van der Waals surface area (Å²) < 4.78 is 19.5. The summed E-state index contributed by atoms with van der Waals surface area (Å²) in [5, 5.41) is 9.78. The molecule has 1 fully saturated rings. The zero-order chi connectivity index (χ0) is 12.6. The van der Waals surface area contributed by atoms with Gasteiger partial charge in [0.05, 0.1) is 12.3 Å². The Bertz CT molecular complexity index is 527. The van der Waals surface area contributed by atoms with E-state index < -0.39 is 23.8 Å². The van der Waals surface area contributed by atoms with E-state index in [1.807, 2.05) is 6.92 Å². The number of aromatic nitrogens is 2. The average Bonchev–Trinajstić information content (AvgIpc) is 2.65. The Balaban J connectivity index is 2.38. The van der Waals surface area contributed by atoms with Crippen molar-refractivity contribution in [3.05, 3.63) is 27.1 Å². The van der Waals surface area contributed by atoms with Crippen molar-refractivity contribution in [2.45, 2.75) is 38.2 Å². The van der Waals surface area contributed by atoms with Gasteiger partial charge in [-0.2, -0.15) is 0 Å². The maximum atomic E-state index is 13.3. The van der Waals surface area contributed by atoms with Crippen molar-refractivity contribution in [1.82, 2.24) is 9.55 Å². The first kappa shape index (κ1) is 12.4. The lowest BCUT2D eigenvalue weighted by molar-refractivity contribution is -0.0409. The van der Waals surface area contributed by atoms with Gasteiger partial charge in [0.25, 0.3) is 0 Å². The summed E-state index contributed by atoms with van der Waals surface area (Å²) in [6, 6.07) is 0. The van der Waals surface area contributed by atoms with E-state index in [1.54, 1.807) is 0 Å². The molecule has 5 nitrogen and oxygen atoms in total. The van der Waals surface area contributed by atoms with Crippen LogP contribution in [0.15, 0.2) is 11.0 Å². The molecule has 1 saturated heterocycles. The number of aromatic amines is 1. The number of halogens is 1. The lowest BCUT2D eigenvalue weighted by Crippen LogP contribution is -2.32. The van der Waals surface area contributed by atoms with Crippen LogP contribution in [0.25, 0.3) is 0 Å². The second-order valence-electron chi connectivity index (χ2n) is 4.00. The quantitative estimate of drug-likeness (QED) is 0.781. The van der Waals surface area contributed by atoms with Gasteiger partial charge in [-0.1, -0.05) is 19.1 Å².